The van der Waals surface area contributed by atoms with E-state index >= 15 is 0 Å². The maximum absolute atomic E-state index is 12.6. The van der Waals surface area contributed by atoms with Crippen molar-refractivity contribution in [3.63, 3.8) is 0 Å². The zero-order chi connectivity index (χ0) is 23.1. The van der Waals surface area contributed by atoms with Crippen molar-refractivity contribution in [3.8, 4) is 0 Å². The fraction of sp³-hybridized carbons (Fsp3) is 0.417. The normalized spacial score (nSPS) is 12.1. The fourth-order valence-electron chi connectivity index (χ4n) is 3.74. The zero-order valence-electron chi connectivity index (χ0n) is 18.7. The summed E-state index contributed by atoms with van der Waals surface area (Å²) in [5.74, 6) is -0.0854. The van der Waals surface area contributed by atoms with E-state index in [2.05, 4.69) is 16.5 Å². The maximum atomic E-state index is 12.6. The molecule has 0 aliphatic rings. The highest BCUT2D eigenvalue weighted by atomic mass is 16.5. The Balaban J connectivity index is 1.86. The van der Waals surface area contributed by atoms with Crippen molar-refractivity contribution in [3.05, 3.63) is 75.2 Å². The van der Waals surface area contributed by atoms with Crippen molar-refractivity contribution in [1.29, 1.82) is 0 Å². The lowest BCUT2D eigenvalue weighted by atomic mass is 9.96. The average Bonchev–Trinajstić information content (AvgIpc) is 3.15. The van der Waals surface area contributed by atoms with E-state index in [0.717, 1.165) is 24.8 Å². The summed E-state index contributed by atoms with van der Waals surface area (Å²) < 4.78 is 8.75. The van der Waals surface area contributed by atoms with Gasteiger partial charge in [0, 0.05) is 19.0 Å². The molecule has 0 fully saturated rings. The summed E-state index contributed by atoms with van der Waals surface area (Å²) in [6, 6.07) is 9.64. The molecular formula is C24H30N4O4. The number of hydrogen-bond acceptors (Lipinski definition) is 5. The number of carbonyl (C=O) groups is 1. The molecule has 3 rings (SSSR count). The lowest BCUT2D eigenvalue weighted by Gasteiger charge is -2.13. The number of aryl methyl sites for hydroxylation is 2. The third kappa shape index (κ3) is 5.07. The molecule has 0 radical (unpaired) electrons. The van der Waals surface area contributed by atoms with E-state index in [0.29, 0.717) is 30.1 Å². The number of hydrogen-bond donors (Lipinski definition) is 1. The van der Waals surface area contributed by atoms with Gasteiger partial charge in [-0.25, -0.2) is 9.78 Å². The number of fused-ring (bicyclic) bond motifs is 1. The van der Waals surface area contributed by atoms with E-state index in [1.165, 1.54) is 4.57 Å². The van der Waals surface area contributed by atoms with E-state index in [1.807, 2.05) is 44.2 Å². The SMILES string of the molecule is C=C[C@@H](CC(=O)OCc1nc2c(c(=O)[nH]c(=O)n2CCCC)n1CCC)c1ccccc1. The summed E-state index contributed by atoms with van der Waals surface area (Å²) in [7, 11) is 0. The summed E-state index contributed by atoms with van der Waals surface area (Å²) in [6.07, 6.45) is 4.33. The van der Waals surface area contributed by atoms with Gasteiger partial charge in [-0.2, -0.15) is 0 Å². The van der Waals surface area contributed by atoms with Gasteiger partial charge in [0.2, 0.25) is 0 Å². The summed E-state index contributed by atoms with van der Waals surface area (Å²) in [5.41, 5.74) is 0.704. The minimum absolute atomic E-state index is 0.0758. The molecule has 2 heterocycles. The average molecular weight is 439 g/mol. The minimum Gasteiger partial charge on any atom is -0.457 e. The first-order valence-electron chi connectivity index (χ1n) is 11.0. The Morgan fingerprint density at radius 2 is 1.91 bits per heavy atom. The number of benzene rings is 1. The molecule has 0 aliphatic heterocycles. The van der Waals surface area contributed by atoms with Gasteiger partial charge in [-0.05, 0) is 18.4 Å². The molecule has 1 N–H and O–H groups in total. The van der Waals surface area contributed by atoms with Gasteiger partial charge in [-0.15, -0.1) is 6.58 Å². The molecule has 0 amide bonds. The van der Waals surface area contributed by atoms with Gasteiger partial charge in [0.25, 0.3) is 5.56 Å². The van der Waals surface area contributed by atoms with Crippen LogP contribution >= 0.6 is 0 Å². The first kappa shape index (κ1) is 23.2. The number of H-pyrrole nitrogens is 1. The Hall–Kier alpha value is -3.42. The van der Waals surface area contributed by atoms with Gasteiger partial charge < -0.3 is 9.30 Å². The van der Waals surface area contributed by atoms with Gasteiger partial charge in [-0.3, -0.25) is 19.1 Å². The van der Waals surface area contributed by atoms with Crippen molar-refractivity contribution in [2.45, 2.75) is 65.1 Å². The quantitative estimate of drug-likeness (QED) is 0.365. The van der Waals surface area contributed by atoms with Gasteiger partial charge in [0.15, 0.2) is 11.2 Å². The maximum Gasteiger partial charge on any atom is 0.330 e. The Morgan fingerprint density at radius 3 is 2.56 bits per heavy atom. The van der Waals surface area contributed by atoms with Crippen LogP contribution in [0.3, 0.4) is 0 Å². The second-order valence-electron chi connectivity index (χ2n) is 7.73. The van der Waals surface area contributed by atoms with Crippen LogP contribution in [0.4, 0.5) is 0 Å². The van der Waals surface area contributed by atoms with E-state index in [-0.39, 0.29) is 24.9 Å². The molecule has 1 aromatic carbocycles. The Bertz CT molecular complexity index is 1190. The van der Waals surface area contributed by atoms with Crippen LogP contribution < -0.4 is 11.2 Å². The molecule has 170 valence electrons. The van der Waals surface area contributed by atoms with Crippen molar-refractivity contribution in [2.75, 3.05) is 0 Å². The number of unbranched alkanes of at least 4 members (excludes halogenated alkanes) is 1. The first-order valence-corrected chi connectivity index (χ1v) is 11.0. The number of ether oxygens (including phenoxy) is 1. The molecule has 0 bridgehead atoms. The number of imidazole rings is 1. The van der Waals surface area contributed by atoms with E-state index in [1.54, 1.807) is 10.6 Å². The Kier molecular flexibility index (Phi) is 7.81. The second-order valence-corrected chi connectivity index (χ2v) is 7.73. The number of nitrogens with one attached hydrogen (secondary N) is 1. The molecule has 0 aliphatic carbocycles. The van der Waals surface area contributed by atoms with Crippen LogP contribution in [0, 0.1) is 0 Å². The topological polar surface area (TPSA) is 99.0 Å². The van der Waals surface area contributed by atoms with Crippen LogP contribution in [0.2, 0.25) is 0 Å². The number of nitrogens with zero attached hydrogens (tertiary/aromatic N) is 3. The molecule has 0 saturated heterocycles. The number of rotatable bonds is 11. The van der Waals surface area contributed by atoms with Crippen LogP contribution in [0.15, 0.2) is 52.6 Å². The molecule has 0 saturated carbocycles. The highest BCUT2D eigenvalue weighted by Gasteiger charge is 2.20. The number of aromatic nitrogens is 4. The van der Waals surface area contributed by atoms with Gasteiger partial charge in [0.1, 0.15) is 12.4 Å². The van der Waals surface area contributed by atoms with Gasteiger partial charge in [-0.1, -0.05) is 56.7 Å². The van der Waals surface area contributed by atoms with Crippen LogP contribution in [0.5, 0.6) is 0 Å². The summed E-state index contributed by atoms with van der Waals surface area (Å²) in [4.78, 5) is 44.4. The Morgan fingerprint density at radius 1 is 1.16 bits per heavy atom. The monoisotopic (exact) mass is 438 g/mol. The molecular weight excluding hydrogens is 408 g/mol. The number of carbonyl (C=O) groups excluding carboxylic acids is 1. The van der Waals surface area contributed by atoms with Crippen LogP contribution in [0.25, 0.3) is 11.2 Å². The molecule has 2 aromatic heterocycles. The molecule has 0 unspecified atom stereocenters. The number of allylic oxidation sites excluding steroid dienone is 1. The highest BCUT2D eigenvalue weighted by Crippen LogP contribution is 2.21. The van der Waals surface area contributed by atoms with Crippen molar-refractivity contribution in [2.24, 2.45) is 0 Å². The summed E-state index contributed by atoms with van der Waals surface area (Å²) in [6.45, 7) is 8.76. The smallest absolute Gasteiger partial charge is 0.330 e. The van der Waals surface area contributed by atoms with Crippen LogP contribution in [0.1, 0.15) is 56.8 Å². The second kappa shape index (κ2) is 10.7. The zero-order valence-corrected chi connectivity index (χ0v) is 18.7. The van der Waals surface area contributed by atoms with Crippen LogP contribution in [-0.2, 0) is 29.2 Å². The molecule has 32 heavy (non-hydrogen) atoms. The third-order valence-corrected chi connectivity index (χ3v) is 5.41. The summed E-state index contributed by atoms with van der Waals surface area (Å²) >= 11 is 0. The lowest BCUT2D eigenvalue weighted by Crippen LogP contribution is -2.31. The number of esters is 1. The van der Waals surface area contributed by atoms with E-state index in [9.17, 15) is 14.4 Å². The van der Waals surface area contributed by atoms with Gasteiger partial charge >= 0.3 is 11.7 Å². The fourth-order valence-corrected chi connectivity index (χ4v) is 3.74. The third-order valence-electron chi connectivity index (χ3n) is 5.41. The minimum atomic E-state index is -0.480. The van der Waals surface area contributed by atoms with E-state index < -0.39 is 11.2 Å². The largest absolute Gasteiger partial charge is 0.457 e. The molecule has 1 atom stereocenters. The van der Waals surface area contributed by atoms with Crippen molar-refractivity contribution < 1.29 is 9.53 Å². The standard InChI is InChI=1S/C24H30N4O4/c1-4-7-14-28-22-21(23(30)26-24(28)31)27(13-5-2)19(25-22)16-32-20(29)15-17(6-3)18-11-9-8-10-12-18/h6,8-12,17H,3-5,7,13-16H2,1-2H3,(H,26,30,31)/t17-/m0/s1. The molecule has 0 spiro atoms. The van der Waals surface area contributed by atoms with Crippen molar-refractivity contribution >= 4 is 17.1 Å². The summed E-state index contributed by atoms with van der Waals surface area (Å²) in [5, 5.41) is 0. The van der Waals surface area contributed by atoms with Crippen LogP contribution in [-0.4, -0.2) is 25.1 Å². The molecule has 8 nitrogen and oxygen atoms in total. The molecule has 3 aromatic rings. The molecule has 8 heteroatoms. The highest BCUT2D eigenvalue weighted by molar-refractivity contribution is 5.72. The van der Waals surface area contributed by atoms with Crippen molar-refractivity contribution in [1.82, 2.24) is 19.1 Å². The lowest BCUT2D eigenvalue weighted by molar-refractivity contribution is -0.145. The Labute approximate surface area is 186 Å². The number of aromatic amines is 1. The van der Waals surface area contributed by atoms with E-state index in [4.69, 9.17) is 4.74 Å². The predicted octanol–water partition coefficient (Wildman–Crippen LogP) is 3.50. The van der Waals surface area contributed by atoms with Gasteiger partial charge in [0.05, 0.1) is 6.42 Å². The predicted molar refractivity (Wildman–Crippen MR) is 124 cm³/mol. The first-order chi connectivity index (χ1) is 15.5.